The van der Waals surface area contributed by atoms with Crippen molar-refractivity contribution in [3.05, 3.63) is 89.2 Å². The van der Waals surface area contributed by atoms with Crippen molar-refractivity contribution < 1.29 is 53.7 Å². The average Bonchev–Trinajstić information content (AvgIpc) is 2.78. The summed E-state index contributed by atoms with van der Waals surface area (Å²) in [5.74, 6) is -1.40. The first-order chi connectivity index (χ1) is 17.5. The first-order valence-corrected chi connectivity index (χ1v) is 11.3. The van der Waals surface area contributed by atoms with Crippen molar-refractivity contribution in [1.29, 1.82) is 0 Å². The van der Waals surface area contributed by atoms with E-state index < -0.39 is 53.5 Å². The number of halogens is 10. The number of nitrogens with one attached hydrogen (secondary N) is 1. The molecule has 0 saturated heterocycles. The van der Waals surface area contributed by atoms with E-state index in [9.17, 15) is 49.0 Å². The van der Waals surface area contributed by atoms with E-state index in [0.717, 1.165) is 12.1 Å². The Labute approximate surface area is 213 Å². The first kappa shape index (κ1) is 29.6. The van der Waals surface area contributed by atoms with Crippen LogP contribution >= 0.6 is 11.8 Å². The van der Waals surface area contributed by atoms with E-state index in [1.807, 2.05) is 0 Å². The first-order valence-electron chi connectivity index (χ1n) is 10.5. The number of ether oxygens (including phenoxy) is 1. The smallest absolute Gasteiger partial charge is 0.446 e. The van der Waals surface area contributed by atoms with Crippen LogP contribution in [0.1, 0.15) is 22.7 Å². The Kier molecular flexibility index (Phi) is 8.89. The largest absolute Gasteiger partial charge is 0.457 e. The van der Waals surface area contributed by atoms with Crippen molar-refractivity contribution in [2.24, 2.45) is 0 Å². The lowest BCUT2D eigenvalue weighted by Crippen LogP contribution is -2.40. The van der Waals surface area contributed by atoms with Crippen LogP contribution in [0.2, 0.25) is 0 Å². The van der Waals surface area contributed by atoms with E-state index in [1.165, 1.54) is 42.5 Å². The quantitative estimate of drug-likeness (QED) is 0.213. The van der Waals surface area contributed by atoms with Crippen molar-refractivity contribution >= 4 is 11.8 Å². The maximum Gasteiger partial charge on any atom is 0.446 e. The molecule has 38 heavy (non-hydrogen) atoms. The van der Waals surface area contributed by atoms with Gasteiger partial charge in [-0.2, -0.15) is 39.5 Å². The molecule has 206 valence electrons. The molecule has 2 atom stereocenters. The van der Waals surface area contributed by atoms with Crippen LogP contribution < -0.4 is 10.1 Å². The van der Waals surface area contributed by atoms with Gasteiger partial charge in [0, 0.05) is 17.0 Å². The summed E-state index contributed by atoms with van der Waals surface area (Å²) in [6, 6.07) is 10.2. The Morgan fingerprint density at radius 2 is 1.45 bits per heavy atom. The summed E-state index contributed by atoms with van der Waals surface area (Å²) in [6.07, 6.45) is -12.8. The second-order valence-corrected chi connectivity index (χ2v) is 8.97. The van der Waals surface area contributed by atoms with Crippen LogP contribution in [-0.4, -0.2) is 29.4 Å². The standard InChI is InChI=1S/C24H17F10NO2S/c25-19-10-14(22(26,27)28)7-8-18(19)21(35-12-20(36)23(29,30)31)13-3-1-4-15(9-13)37-16-5-2-6-17(11-16)38-24(32,33)34/h1-11,20-21,35-36H,12H2. The molecule has 0 amide bonds. The molecule has 14 heteroatoms. The number of hydrogen-bond donors (Lipinski definition) is 2. The van der Waals surface area contributed by atoms with Gasteiger partial charge in [0.2, 0.25) is 0 Å². The third-order valence-electron chi connectivity index (χ3n) is 5.00. The van der Waals surface area contributed by atoms with Gasteiger partial charge in [0.15, 0.2) is 6.10 Å². The van der Waals surface area contributed by atoms with Gasteiger partial charge in [0.1, 0.15) is 17.3 Å². The van der Waals surface area contributed by atoms with Crippen LogP contribution in [0.4, 0.5) is 43.9 Å². The third-order valence-corrected chi connectivity index (χ3v) is 5.72. The Bertz CT molecular complexity index is 1240. The van der Waals surface area contributed by atoms with Gasteiger partial charge in [0.05, 0.1) is 11.6 Å². The lowest BCUT2D eigenvalue weighted by Gasteiger charge is -2.24. The lowest BCUT2D eigenvalue weighted by molar-refractivity contribution is -0.202. The topological polar surface area (TPSA) is 41.5 Å². The number of benzene rings is 3. The summed E-state index contributed by atoms with van der Waals surface area (Å²) in [5.41, 5.74) is -6.28. The van der Waals surface area contributed by atoms with Gasteiger partial charge >= 0.3 is 17.9 Å². The molecule has 0 aliphatic carbocycles. The molecule has 0 fully saturated rings. The van der Waals surface area contributed by atoms with Crippen molar-refractivity contribution in [3.63, 3.8) is 0 Å². The van der Waals surface area contributed by atoms with Gasteiger partial charge in [-0.05, 0) is 59.8 Å². The van der Waals surface area contributed by atoms with Crippen LogP contribution in [0, 0.1) is 5.82 Å². The van der Waals surface area contributed by atoms with Gasteiger partial charge in [-0.25, -0.2) is 4.39 Å². The van der Waals surface area contributed by atoms with E-state index in [2.05, 4.69) is 5.32 Å². The Balaban J connectivity index is 1.94. The normalized spacial score (nSPS) is 14.3. The number of aliphatic hydroxyl groups excluding tert-OH is 1. The molecule has 2 N–H and O–H groups in total. The van der Waals surface area contributed by atoms with E-state index in [1.54, 1.807) is 0 Å². The molecule has 3 nitrogen and oxygen atoms in total. The molecule has 0 heterocycles. The van der Waals surface area contributed by atoms with Crippen molar-refractivity contribution in [2.75, 3.05) is 6.54 Å². The third kappa shape index (κ3) is 8.27. The monoisotopic (exact) mass is 573 g/mol. The van der Waals surface area contributed by atoms with Crippen molar-refractivity contribution in [3.8, 4) is 11.5 Å². The molecule has 3 aromatic rings. The van der Waals surface area contributed by atoms with Crippen LogP contribution in [0.5, 0.6) is 11.5 Å². The average molecular weight is 573 g/mol. The summed E-state index contributed by atoms with van der Waals surface area (Å²) in [7, 11) is 0. The van der Waals surface area contributed by atoms with Gasteiger partial charge in [-0.1, -0.05) is 24.3 Å². The highest BCUT2D eigenvalue weighted by molar-refractivity contribution is 8.00. The molecular formula is C24H17F10NO2S. The Morgan fingerprint density at radius 1 is 0.816 bits per heavy atom. The summed E-state index contributed by atoms with van der Waals surface area (Å²) >= 11 is -0.381. The molecular weight excluding hydrogens is 556 g/mol. The number of hydrogen-bond acceptors (Lipinski definition) is 4. The lowest BCUT2D eigenvalue weighted by atomic mass is 9.96. The van der Waals surface area contributed by atoms with E-state index in [0.29, 0.717) is 6.07 Å². The minimum Gasteiger partial charge on any atom is -0.457 e. The minimum absolute atomic E-state index is 0.00727. The van der Waals surface area contributed by atoms with Crippen LogP contribution in [0.25, 0.3) is 0 Å². The SMILES string of the molecule is OC(CNC(c1cccc(Oc2cccc(SC(F)(F)F)c2)c1)c1ccc(C(F)(F)F)cc1F)C(F)(F)F. The molecule has 2 unspecified atom stereocenters. The molecule has 0 aromatic heterocycles. The highest BCUT2D eigenvalue weighted by Crippen LogP contribution is 2.39. The minimum atomic E-state index is -5.03. The molecule has 0 aliphatic rings. The number of alkyl halides is 9. The fraction of sp³-hybridized carbons (Fsp3) is 0.250. The molecule has 3 aromatic carbocycles. The fourth-order valence-electron chi connectivity index (χ4n) is 3.32. The van der Waals surface area contributed by atoms with Gasteiger partial charge in [-0.15, -0.1) is 0 Å². The van der Waals surface area contributed by atoms with Gasteiger partial charge in [0.25, 0.3) is 0 Å². The summed E-state index contributed by atoms with van der Waals surface area (Å²) in [5, 5.41) is 11.7. The van der Waals surface area contributed by atoms with Crippen LogP contribution in [0.3, 0.4) is 0 Å². The second kappa shape index (κ2) is 11.4. The zero-order chi connectivity index (χ0) is 28.3. The highest BCUT2D eigenvalue weighted by atomic mass is 32.2. The summed E-state index contributed by atoms with van der Waals surface area (Å²) in [6.45, 7) is -1.13. The summed E-state index contributed by atoms with van der Waals surface area (Å²) < 4.78 is 136. The molecule has 0 bridgehead atoms. The van der Waals surface area contributed by atoms with E-state index in [4.69, 9.17) is 4.74 Å². The predicted octanol–water partition coefficient (Wildman–Crippen LogP) is 7.85. The zero-order valence-electron chi connectivity index (χ0n) is 18.8. The zero-order valence-corrected chi connectivity index (χ0v) is 19.6. The fourth-order valence-corrected chi connectivity index (χ4v) is 3.91. The maximum absolute atomic E-state index is 14.8. The molecule has 0 aliphatic heterocycles. The number of aliphatic hydroxyl groups is 1. The number of rotatable bonds is 8. The number of thioether (sulfide) groups is 1. The van der Waals surface area contributed by atoms with Gasteiger partial charge < -0.3 is 15.2 Å². The second-order valence-electron chi connectivity index (χ2n) is 7.83. The van der Waals surface area contributed by atoms with E-state index >= 15 is 0 Å². The van der Waals surface area contributed by atoms with Crippen molar-refractivity contribution in [2.45, 2.75) is 34.9 Å². The predicted molar refractivity (Wildman–Crippen MR) is 118 cm³/mol. The van der Waals surface area contributed by atoms with E-state index in [-0.39, 0.29) is 39.8 Å². The Hall–Kier alpha value is -2.97. The van der Waals surface area contributed by atoms with Crippen LogP contribution in [-0.2, 0) is 6.18 Å². The molecule has 0 saturated carbocycles. The Morgan fingerprint density at radius 3 is 2.03 bits per heavy atom. The highest BCUT2D eigenvalue weighted by Gasteiger charge is 2.39. The van der Waals surface area contributed by atoms with Crippen LogP contribution in [0.15, 0.2) is 71.6 Å². The van der Waals surface area contributed by atoms with Gasteiger partial charge in [-0.3, -0.25) is 0 Å². The van der Waals surface area contributed by atoms with Crippen molar-refractivity contribution in [1.82, 2.24) is 5.32 Å². The molecule has 0 radical (unpaired) electrons. The summed E-state index contributed by atoms with van der Waals surface area (Å²) in [4.78, 5) is -0.182. The maximum atomic E-state index is 14.8. The molecule has 0 spiro atoms. The molecule has 3 rings (SSSR count).